The Labute approximate surface area is 86.9 Å². The minimum absolute atomic E-state index is 0.216. The van der Waals surface area contributed by atoms with Gasteiger partial charge in [0.05, 0.1) is 9.75 Å². The molecule has 1 heterocycles. The average molecular weight is 208 g/mol. The topological polar surface area (TPSA) is 34.1 Å². The molecule has 0 aliphatic heterocycles. The fourth-order valence-corrected chi connectivity index (χ4v) is 2.78. The Hall–Kier alpha value is -0.960. The number of thiophene rings is 1. The summed E-state index contributed by atoms with van der Waals surface area (Å²) in [6.07, 6.45) is 5.18. The van der Waals surface area contributed by atoms with Crippen LogP contribution in [0.25, 0.3) is 0 Å². The van der Waals surface area contributed by atoms with Gasteiger partial charge in [0.1, 0.15) is 0 Å². The Balaban J connectivity index is 2.13. The van der Waals surface area contributed by atoms with Gasteiger partial charge >= 0.3 is 0 Å². The van der Waals surface area contributed by atoms with Crippen LogP contribution in [0.3, 0.4) is 0 Å². The molecule has 14 heavy (non-hydrogen) atoms. The van der Waals surface area contributed by atoms with Gasteiger partial charge in [0.2, 0.25) is 0 Å². The molecule has 0 aromatic carbocycles. The number of aldehydes is 1. The Morgan fingerprint density at radius 3 is 2.64 bits per heavy atom. The second kappa shape index (κ2) is 4.05. The predicted octanol–water partition coefficient (Wildman–Crippen LogP) is 2.93. The van der Waals surface area contributed by atoms with Crippen LogP contribution in [0.2, 0.25) is 0 Å². The van der Waals surface area contributed by atoms with Crippen LogP contribution >= 0.6 is 11.3 Å². The van der Waals surface area contributed by atoms with Gasteiger partial charge < -0.3 is 0 Å². The smallest absolute Gasteiger partial charge is 0.175 e. The number of hydrogen-bond donors (Lipinski definition) is 0. The van der Waals surface area contributed by atoms with E-state index in [1.54, 1.807) is 12.1 Å². The molecule has 0 saturated heterocycles. The molecule has 1 aliphatic rings. The molecular weight excluding hydrogens is 196 g/mol. The van der Waals surface area contributed by atoms with E-state index >= 15 is 0 Å². The third-order valence-corrected chi connectivity index (χ3v) is 3.74. The normalized spacial score (nSPS) is 17.1. The minimum Gasteiger partial charge on any atom is -0.297 e. The summed E-state index contributed by atoms with van der Waals surface area (Å²) in [7, 11) is 0. The van der Waals surface area contributed by atoms with E-state index in [-0.39, 0.29) is 11.7 Å². The van der Waals surface area contributed by atoms with E-state index in [9.17, 15) is 9.59 Å². The van der Waals surface area contributed by atoms with Crippen molar-refractivity contribution in [3.8, 4) is 0 Å². The number of rotatable bonds is 3. The molecule has 0 unspecified atom stereocenters. The van der Waals surface area contributed by atoms with Gasteiger partial charge in [-0.25, -0.2) is 0 Å². The van der Waals surface area contributed by atoms with Crippen molar-refractivity contribution in [2.24, 2.45) is 5.92 Å². The maximum Gasteiger partial charge on any atom is 0.175 e. The highest BCUT2D eigenvalue weighted by atomic mass is 32.1. The second-order valence-corrected chi connectivity index (χ2v) is 4.78. The van der Waals surface area contributed by atoms with Gasteiger partial charge in [0.15, 0.2) is 12.1 Å². The van der Waals surface area contributed by atoms with Crippen molar-refractivity contribution in [1.29, 1.82) is 0 Å². The first-order valence-electron chi connectivity index (χ1n) is 4.90. The van der Waals surface area contributed by atoms with Gasteiger partial charge in [-0.3, -0.25) is 9.59 Å². The van der Waals surface area contributed by atoms with Crippen molar-refractivity contribution in [2.75, 3.05) is 0 Å². The second-order valence-electron chi connectivity index (χ2n) is 3.67. The highest BCUT2D eigenvalue weighted by Crippen LogP contribution is 2.30. The molecule has 0 bridgehead atoms. The van der Waals surface area contributed by atoms with Crippen molar-refractivity contribution < 1.29 is 9.59 Å². The largest absolute Gasteiger partial charge is 0.297 e. The molecular formula is C11H12O2S. The van der Waals surface area contributed by atoms with E-state index in [0.717, 1.165) is 24.0 Å². The van der Waals surface area contributed by atoms with Crippen molar-refractivity contribution in [1.82, 2.24) is 0 Å². The van der Waals surface area contributed by atoms with Crippen LogP contribution in [0.15, 0.2) is 12.1 Å². The molecule has 2 rings (SSSR count). The summed E-state index contributed by atoms with van der Waals surface area (Å²) in [5.74, 6) is 0.453. The zero-order chi connectivity index (χ0) is 9.97. The van der Waals surface area contributed by atoms with Gasteiger partial charge in [0.25, 0.3) is 0 Å². The summed E-state index contributed by atoms with van der Waals surface area (Å²) in [6.45, 7) is 0. The Morgan fingerprint density at radius 2 is 2.07 bits per heavy atom. The number of ketones is 1. The summed E-state index contributed by atoms with van der Waals surface area (Å²) >= 11 is 1.31. The standard InChI is InChI=1S/C11H12O2S/c12-7-9-5-6-10(14-9)11(13)8-3-1-2-4-8/h5-8H,1-4H2. The first-order valence-corrected chi connectivity index (χ1v) is 5.72. The first-order chi connectivity index (χ1) is 6.81. The molecule has 1 fully saturated rings. The maximum atomic E-state index is 11.9. The molecule has 0 spiro atoms. The van der Waals surface area contributed by atoms with E-state index in [4.69, 9.17) is 0 Å². The summed E-state index contributed by atoms with van der Waals surface area (Å²) in [6, 6.07) is 3.49. The lowest BCUT2D eigenvalue weighted by molar-refractivity contribution is 0.0927. The highest BCUT2D eigenvalue weighted by Gasteiger charge is 2.24. The van der Waals surface area contributed by atoms with Crippen LogP contribution in [0.1, 0.15) is 45.0 Å². The Kier molecular flexibility index (Phi) is 2.77. The van der Waals surface area contributed by atoms with E-state index < -0.39 is 0 Å². The lowest BCUT2D eigenvalue weighted by Gasteiger charge is -2.04. The first kappa shape index (κ1) is 9.59. The molecule has 1 saturated carbocycles. The number of carbonyl (C=O) groups is 2. The van der Waals surface area contributed by atoms with E-state index in [0.29, 0.717) is 4.88 Å². The van der Waals surface area contributed by atoms with Crippen LogP contribution in [-0.2, 0) is 0 Å². The summed E-state index contributed by atoms with van der Waals surface area (Å²) < 4.78 is 0. The molecule has 1 aromatic rings. The predicted molar refractivity (Wildman–Crippen MR) is 56.0 cm³/mol. The van der Waals surface area contributed by atoms with Crippen LogP contribution in [-0.4, -0.2) is 12.1 Å². The lowest BCUT2D eigenvalue weighted by atomic mass is 10.0. The van der Waals surface area contributed by atoms with Crippen molar-refractivity contribution >= 4 is 23.4 Å². The molecule has 0 atom stereocenters. The van der Waals surface area contributed by atoms with Crippen molar-refractivity contribution in [3.63, 3.8) is 0 Å². The van der Waals surface area contributed by atoms with E-state index in [1.807, 2.05) is 0 Å². The maximum absolute atomic E-state index is 11.9. The molecule has 2 nitrogen and oxygen atoms in total. The van der Waals surface area contributed by atoms with Crippen LogP contribution in [0, 0.1) is 5.92 Å². The van der Waals surface area contributed by atoms with Crippen molar-refractivity contribution in [2.45, 2.75) is 25.7 Å². The van der Waals surface area contributed by atoms with Crippen LogP contribution in [0.5, 0.6) is 0 Å². The van der Waals surface area contributed by atoms with Gasteiger partial charge in [0, 0.05) is 5.92 Å². The zero-order valence-corrected chi connectivity index (χ0v) is 8.68. The molecule has 1 aromatic heterocycles. The van der Waals surface area contributed by atoms with Gasteiger partial charge in [-0.15, -0.1) is 11.3 Å². The molecule has 3 heteroatoms. The summed E-state index contributed by atoms with van der Waals surface area (Å²) in [4.78, 5) is 23.7. The fraction of sp³-hybridized carbons (Fsp3) is 0.455. The molecule has 74 valence electrons. The molecule has 1 aliphatic carbocycles. The minimum atomic E-state index is 0.216. The van der Waals surface area contributed by atoms with Gasteiger partial charge in [-0.1, -0.05) is 12.8 Å². The average Bonchev–Trinajstić information content (AvgIpc) is 2.88. The summed E-state index contributed by atoms with van der Waals surface area (Å²) in [5.41, 5.74) is 0. The monoisotopic (exact) mass is 208 g/mol. The van der Waals surface area contributed by atoms with Gasteiger partial charge in [-0.05, 0) is 25.0 Å². The van der Waals surface area contributed by atoms with Crippen LogP contribution in [0.4, 0.5) is 0 Å². The van der Waals surface area contributed by atoms with Gasteiger partial charge in [-0.2, -0.15) is 0 Å². The van der Waals surface area contributed by atoms with E-state index in [1.165, 1.54) is 24.2 Å². The number of carbonyl (C=O) groups excluding carboxylic acids is 2. The zero-order valence-electron chi connectivity index (χ0n) is 7.86. The summed E-state index contributed by atoms with van der Waals surface area (Å²) in [5, 5.41) is 0. The lowest BCUT2D eigenvalue weighted by Crippen LogP contribution is -2.08. The van der Waals surface area contributed by atoms with Crippen molar-refractivity contribution in [3.05, 3.63) is 21.9 Å². The Bertz CT molecular complexity index is 348. The fourth-order valence-electron chi connectivity index (χ4n) is 1.94. The number of Topliss-reactive ketones (excluding diaryl/α,β-unsaturated/α-hetero) is 1. The molecule has 0 N–H and O–H groups in total. The Morgan fingerprint density at radius 1 is 1.36 bits per heavy atom. The SMILES string of the molecule is O=Cc1ccc(C(=O)C2CCCC2)s1. The molecule has 0 amide bonds. The van der Waals surface area contributed by atoms with E-state index in [2.05, 4.69) is 0 Å². The third kappa shape index (κ3) is 1.77. The molecule has 0 radical (unpaired) electrons. The quantitative estimate of drug-likeness (QED) is 0.565. The number of hydrogen-bond acceptors (Lipinski definition) is 3. The highest BCUT2D eigenvalue weighted by molar-refractivity contribution is 7.15. The van der Waals surface area contributed by atoms with Crippen LogP contribution < -0.4 is 0 Å². The third-order valence-electron chi connectivity index (χ3n) is 2.71.